The quantitative estimate of drug-likeness (QED) is 0.586. The number of phenolic OH excluding ortho intramolecular Hbond substituents is 1. The largest absolute Gasteiger partial charge is 0.508 e. The molecule has 0 radical (unpaired) electrons. The van der Waals surface area contributed by atoms with Gasteiger partial charge in [-0.25, -0.2) is 4.39 Å². The molecule has 1 aromatic rings. The Morgan fingerprint density at radius 1 is 1.46 bits per heavy atom. The van der Waals surface area contributed by atoms with E-state index >= 15 is 0 Å². The number of benzene rings is 1. The van der Waals surface area contributed by atoms with Crippen LogP contribution in [0.1, 0.15) is 19.4 Å². The molecule has 0 aliphatic carbocycles. The van der Waals surface area contributed by atoms with Crippen LogP contribution in [-0.2, 0) is 4.75 Å². The minimum Gasteiger partial charge on any atom is -0.508 e. The average molecular weight is 218 g/mol. The van der Waals surface area contributed by atoms with Gasteiger partial charge >= 0.3 is 0 Å². The highest BCUT2D eigenvalue weighted by Gasteiger charge is 2.26. The molecule has 0 aliphatic rings. The molecule has 0 aromatic heterocycles. The van der Waals surface area contributed by atoms with Gasteiger partial charge in [0.05, 0.1) is 4.75 Å². The summed E-state index contributed by atoms with van der Waals surface area (Å²) in [4.78, 5) is 0. The van der Waals surface area contributed by atoms with Crippen LogP contribution in [0.15, 0.2) is 18.2 Å². The minimum atomic E-state index is -0.529. The Labute approximate surface area is 86.2 Å². The van der Waals surface area contributed by atoms with Crippen molar-refractivity contribution in [2.45, 2.75) is 18.6 Å². The van der Waals surface area contributed by atoms with Gasteiger partial charge in [-0.3, -0.25) is 0 Å². The molecule has 1 aromatic carbocycles. The van der Waals surface area contributed by atoms with Gasteiger partial charge in [0, 0.05) is 5.56 Å². The van der Waals surface area contributed by atoms with E-state index in [0.717, 1.165) is 0 Å². The Hall–Kier alpha value is -0.350. The molecule has 1 N–H and O–H groups in total. The van der Waals surface area contributed by atoms with Crippen molar-refractivity contribution in [2.75, 3.05) is 0 Å². The van der Waals surface area contributed by atoms with E-state index in [4.69, 9.17) is 0 Å². The van der Waals surface area contributed by atoms with E-state index in [9.17, 15) is 9.50 Å². The van der Waals surface area contributed by atoms with Crippen molar-refractivity contribution < 1.29 is 9.50 Å². The molecule has 0 saturated carbocycles. The van der Waals surface area contributed by atoms with Gasteiger partial charge < -0.3 is 5.11 Å². The highest BCUT2D eigenvalue weighted by Crippen LogP contribution is 2.42. The summed E-state index contributed by atoms with van der Waals surface area (Å²) in [6.45, 7) is 3.62. The molecule has 13 heavy (non-hydrogen) atoms. The lowest BCUT2D eigenvalue weighted by molar-refractivity contribution is 0.450. The Morgan fingerprint density at radius 3 is 2.54 bits per heavy atom. The van der Waals surface area contributed by atoms with Gasteiger partial charge in [-0.15, -0.1) is 11.7 Å². The summed E-state index contributed by atoms with van der Waals surface area (Å²) < 4.78 is 12.8. The molecule has 0 saturated heterocycles. The molecule has 0 aliphatic heterocycles. The molecular weight excluding hydrogens is 207 g/mol. The number of hydrogen-bond donors (Lipinski definition) is 2. The van der Waals surface area contributed by atoms with Crippen molar-refractivity contribution in [1.82, 2.24) is 0 Å². The maximum absolute atomic E-state index is 13.3. The van der Waals surface area contributed by atoms with Gasteiger partial charge in [0.1, 0.15) is 11.6 Å². The lowest BCUT2D eigenvalue weighted by Crippen LogP contribution is -2.12. The second-order valence-electron chi connectivity index (χ2n) is 3.24. The Balaban J connectivity index is 3.28. The number of phenols is 1. The summed E-state index contributed by atoms with van der Waals surface area (Å²) in [5.74, 6) is -0.418. The van der Waals surface area contributed by atoms with Gasteiger partial charge in [-0.2, -0.15) is 0 Å². The molecule has 0 heterocycles. The van der Waals surface area contributed by atoms with Crippen LogP contribution in [0.3, 0.4) is 0 Å². The van der Waals surface area contributed by atoms with Crippen molar-refractivity contribution in [2.24, 2.45) is 0 Å². The first-order valence-electron chi connectivity index (χ1n) is 3.79. The third kappa shape index (κ3) is 2.11. The van der Waals surface area contributed by atoms with Crippen LogP contribution in [0.25, 0.3) is 0 Å². The second kappa shape index (κ2) is 3.80. The van der Waals surface area contributed by atoms with Crippen LogP contribution >= 0.6 is 22.5 Å². The first kappa shape index (κ1) is 10.7. The Morgan fingerprint density at radius 2 is 2.08 bits per heavy atom. The van der Waals surface area contributed by atoms with E-state index < -0.39 is 10.6 Å². The highest BCUT2D eigenvalue weighted by atomic mass is 33.1. The van der Waals surface area contributed by atoms with Crippen molar-refractivity contribution >= 4 is 22.5 Å². The number of thiol groups is 1. The van der Waals surface area contributed by atoms with Gasteiger partial charge in [-0.05, 0) is 26.0 Å². The molecule has 0 atom stereocenters. The predicted octanol–water partition coefficient (Wildman–Crippen LogP) is 3.34. The molecule has 0 fully saturated rings. The third-order valence-electron chi connectivity index (χ3n) is 1.82. The van der Waals surface area contributed by atoms with E-state index in [-0.39, 0.29) is 5.75 Å². The Bertz CT molecular complexity index is 292. The monoisotopic (exact) mass is 218 g/mol. The number of aromatic hydroxyl groups is 1. The second-order valence-corrected chi connectivity index (χ2v) is 4.99. The third-order valence-corrected chi connectivity index (χ3v) is 3.85. The van der Waals surface area contributed by atoms with Gasteiger partial charge in [0.25, 0.3) is 0 Å². The molecular formula is C9H11FOS2. The number of hydrogen-bond acceptors (Lipinski definition) is 3. The zero-order chi connectivity index (χ0) is 10.1. The van der Waals surface area contributed by atoms with Crippen LogP contribution in [0, 0.1) is 5.82 Å². The van der Waals surface area contributed by atoms with Crippen molar-refractivity contribution in [3.05, 3.63) is 29.6 Å². The fraction of sp³-hybridized carbons (Fsp3) is 0.333. The minimum absolute atomic E-state index is 0.0217. The summed E-state index contributed by atoms with van der Waals surface area (Å²) in [6, 6.07) is 4.29. The summed E-state index contributed by atoms with van der Waals surface area (Å²) >= 11 is 4.05. The molecule has 0 unspecified atom stereocenters. The zero-order valence-electron chi connectivity index (χ0n) is 7.41. The van der Waals surface area contributed by atoms with Crippen molar-refractivity contribution in [3.63, 3.8) is 0 Å². The van der Waals surface area contributed by atoms with Gasteiger partial charge in [-0.1, -0.05) is 16.9 Å². The summed E-state index contributed by atoms with van der Waals surface area (Å²) in [5.41, 5.74) is 0.301. The standard InChI is InChI=1S/C9H11FOS2/c1-9(2,13-12)8-6(10)4-3-5-7(8)11/h3-5,11-12H,1-2H3. The molecule has 0 amide bonds. The summed E-state index contributed by atoms with van der Waals surface area (Å²) in [6.07, 6.45) is 0. The molecule has 1 rings (SSSR count). The van der Waals surface area contributed by atoms with E-state index in [0.29, 0.717) is 5.56 Å². The fourth-order valence-corrected chi connectivity index (χ4v) is 1.72. The number of halogens is 1. The molecule has 72 valence electrons. The first-order chi connectivity index (χ1) is 5.99. The topological polar surface area (TPSA) is 20.2 Å². The van der Waals surface area contributed by atoms with E-state index in [1.54, 1.807) is 0 Å². The van der Waals surface area contributed by atoms with Crippen molar-refractivity contribution in [3.8, 4) is 5.75 Å². The maximum atomic E-state index is 13.3. The van der Waals surface area contributed by atoms with E-state index in [1.165, 1.54) is 29.0 Å². The van der Waals surface area contributed by atoms with Gasteiger partial charge in [0.15, 0.2) is 0 Å². The molecule has 0 bridgehead atoms. The van der Waals surface area contributed by atoms with Crippen LogP contribution in [0.4, 0.5) is 4.39 Å². The lowest BCUT2D eigenvalue weighted by Gasteiger charge is -2.22. The Kier molecular flexibility index (Phi) is 3.14. The smallest absolute Gasteiger partial charge is 0.131 e. The normalized spacial score (nSPS) is 11.7. The van der Waals surface area contributed by atoms with Crippen molar-refractivity contribution in [1.29, 1.82) is 0 Å². The maximum Gasteiger partial charge on any atom is 0.131 e. The fourth-order valence-electron chi connectivity index (χ4n) is 1.15. The number of rotatable bonds is 2. The van der Waals surface area contributed by atoms with Crippen LogP contribution in [0.5, 0.6) is 5.75 Å². The van der Waals surface area contributed by atoms with Crippen LogP contribution in [-0.4, -0.2) is 5.11 Å². The molecule has 0 spiro atoms. The molecule has 4 heteroatoms. The first-order valence-corrected chi connectivity index (χ1v) is 5.66. The van der Waals surface area contributed by atoms with E-state index in [1.807, 2.05) is 13.8 Å². The summed E-state index contributed by atoms with van der Waals surface area (Å²) in [7, 11) is 1.20. The lowest BCUT2D eigenvalue weighted by atomic mass is 10.0. The van der Waals surface area contributed by atoms with Crippen LogP contribution < -0.4 is 0 Å². The zero-order valence-corrected chi connectivity index (χ0v) is 9.12. The average Bonchev–Trinajstić information content (AvgIpc) is 2.03. The van der Waals surface area contributed by atoms with Gasteiger partial charge in [0.2, 0.25) is 0 Å². The van der Waals surface area contributed by atoms with E-state index in [2.05, 4.69) is 11.7 Å². The highest BCUT2D eigenvalue weighted by molar-refractivity contribution is 8.69. The molecule has 1 nitrogen and oxygen atoms in total. The predicted molar refractivity (Wildman–Crippen MR) is 57.7 cm³/mol. The van der Waals surface area contributed by atoms with Crippen LogP contribution in [0.2, 0.25) is 0 Å². The summed E-state index contributed by atoms with van der Waals surface area (Å²) in [5, 5.41) is 9.47. The SMILES string of the molecule is CC(C)(SS)c1c(O)cccc1F.